The molecule has 30 heavy (non-hydrogen) atoms. The minimum atomic E-state index is -4.00. The molecule has 0 amide bonds. The van der Waals surface area contributed by atoms with E-state index in [1.54, 1.807) is 0 Å². The molecule has 4 aromatic rings. The quantitative estimate of drug-likeness (QED) is 0.432. The Morgan fingerprint density at radius 1 is 1.10 bits per heavy atom. The number of thiophene rings is 1. The van der Waals surface area contributed by atoms with E-state index in [-0.39, 0.29) is 10.6 Å². The van der Waals surface area contributed by atoms with E-state index >= 15 is 0 Å². The number of sulfonamides is 1. The van der Waals surface area contributed by atoms with Crippen LogP contribution in [0.5, 0.6) is 0 Å². The Labute approximate surface area is 174 Å². The zero-order valence-corrected chi connectivity index (χ0v) is 16.8. The molecule has 0 radical (unpaired) electrons. The molecule has 0 saturated carbocycles. The molecule has 154 valence electrons. The third-order valence-electron chi connectivity index (χ3n) is 3.95. The highest BCUT2D eigenvalue weighted by Crippen LogP contribution is 2.24. The summed E-state index contributed by atoms with van der Waals surface area (Å²) < 4.78 is 58.7. The van der Waals surface area contributed by atoms with Gasteiger partial charge >= 0.3 is 0 Å². The van der Waals surface area contributed by atoms with E-state index < -0.39 is 21.7 Å². The van der Waals surface area contributed by atoms with Crippen LogP contribution >= 0.6 is 11.3 Å². The highest BCUT2D eigenvalue weighted by atomic mass is 32.2. The van der Waals surface area contributed by atoms with Crippen LogP contribution in [0.2, 0.25) is 0 Å². The first-order valence-electron chi connectivity index (χ1n) is 8.57. The van der Waals surface area contributed by atoms with Gasteiger partial charge in [0.05, 0.1) is 22.8 Å². The maximum atomic E-state index is 13.3. The highest BCUT2D eigenvalue weighted by Gasteiger charge is 2.16. The Bertz CT molecular complexity index is 1260. The van der Waals surface area contributed by atoms with Gasteiger partial charge in [-0.15, -0.1) is 11.3 Å². The minimum Gasteiger partial charge on any atom is -0.443 e. The second-order valence-corrected chi connectivity index (χ2v) is 8.72. The normalized spacial score (nSPS) is 11.4. The van der Waals surface area contributed by atoms with E-state index in [4.69, 9.17) is 4.42 Å². The third-order valence-corrected chi connectivity index (χ3v) is 6.18. The Kier molecular flexibility index (Phi) is 5.46. The van der Waals surface area contributed by atoms with Gasteiger partial charge < -0.3 is 9.73 Å². The van der Waals surface area contributed by atoms with Crippen molar-refractivity contribution >= 4 is 32.9 Å². The van der Waals surface area contributed by atoms with Crippen LogP contribution in [0, 0.1) is 11.6 Å². The van der Waals surface area contributed by atoms with Crippen LogP contribution in [-0.4, -0.2) is 18.4 Å². The van der Waals surface area contributed by atoms with Crippen LogP contribution in [0.15, 0.2) is 69.6 Å². The number of halogens is 2. The number of nitrogens with zero attached hydrogens (tertiary/aromatic N) is 2. The average Bonchev–Trinajstić information content (AvgIpc) is 3.41. The van der Waals surface area contributed by atoms with Gasteiger partial charge in [-0.1, -0.05) is 6.07 Å². The largest absolute Gasteiger partial charge is 0.443 e. The third kappa shape index (κ3) is 4.47. The van der Waals surface area contributed by atoms with Crippen molar-refractivity contribution in [1.29, 1.82) is 0 Å². The molecule has 0 aliphatic carbocycles. The Morgan fingerprint density at radius 3 is 2.67 bits per heavy atom. The number of aromatic nitrogens is 2. The predicted molar refractivity (Wildman–Crippen MR) is 109 cm³/mol. The van der Waals surface area contributed by atoms with E-state index in [0.29, 0.717) is 23.9 Å². The number of rotatable bonds is 7. The highest BCUT2D eigenvalue weighted by molar-refractivity contribution is 7.92. The molecular formula is C19H14F2N4O3S2. The maximum absolute atomic E-state index is 13.3. The molecule has 0 aliphatic rings. The first-order valence-corrected chi connectivity index (χ1v) is 10.9. The van der Waals surface area contributed by atoms with Gasteiger partial charge in [-0.2, -0.15) is 0 Å². The summed E-state index contributed by atoms with van der Waals surface area (Å²) in [4.78, 5) is 9.24. The molecule has 0 aliphatic heterocycles. The fraction of sp³-hybridized carbons (Fsp3) is 0.0526. The van der Waals surface area contributed by atoms with E-state index in [1.165, 1.54) is 29.7 Å². The molecule has 0 unspecified atom stereocenters. The van der Waals surface area contributed by atoms with Crippen molar-refractivity contribution < 1.29 is 21.6 Å². The molecule has 0 fully saturated rings. The zero-order valence-electron chi connectivity index (χ0n) is 15.2. The SMILES string of the molecule is O=S(=O)(Nc1ccc(F)c(F)c1)c1ccc(NCc2coc(-c3cccs3)n2)nc1. The number of benzene rings is 1. The van der Waals surface area contributed by atoms with E-state index in [9.17, 15) is 17.2 Å². The summed E-state index contributed by atoms with van der Waals surface area (Å²) in [6, 6.07) is 9.37. The zero-order chi connectivity index (χ0) is 21.1. The van der Waals surface area contributed by atoms with Gasteiger partial charge in [0.2, 0.25) is 5.89 Å². The van der Waals surface area contributed by atoms with Crippen LogP contribution in [0.4, 0.5) is 20.3 Å². The molecule has 4 rings (SSSR count). The van der Waals surface area contributed by atoms with Gasteiger partial charge in [-0.05, 0) is 35.7 Å². The molecule has 0 bridgehead atoms. The van der Waals surface area contributed by atoms with Crippen LogP contribution in [0.3, 0.4) is 0 Å². The number of hydrogen-bond donors (Lipinski definition) is 2. The summed E-state index contributed by atoms with van der Waals surface area (Å²) in [5.41, 5.74) is 0.570. The molecule has 3 aromatic heterocycles. The van der Waals surface area contributed by atoms with Gasteiger partial charge in [-0.3, -0.25) is 4.72 Å². The molecule has 0 spiro atoms. The number of oxazole rings is 1. The molecular weight excluding hydrogens is 434 g/mol. The first-order chi connectivity index (χ1) is 14.4. The van der Waals surface area contributed by atoms with Crippen molar-refractivity contribution in [3.8, 4) is 10.8 Å². The number of pyridine rings is 1. The lowest BCUT2D eigenvalue weighted by Gasteiger charge is -2.09. The summed E-state index contributed by atoms with van der Waals surface area (Å²) in [6.45, 7) is 0.334. The van der Waals surface area contributed by atoms with Crippen LogP contribution in [-0.2, 0) is 16.6 Å². The second kappa shape index (κ2) is 8.20. The summed E-state index contributed by atoms with van der Waals surface area (Å²) in [5.74, 6) is -1.26. The molecule has 0 saturated heterocycles. The summed E-state index contributed by atoms with van der Waals surface area (Å²) >= 11 is 1.52. The van der Waals surface area contributed by atoms with Crippen molar-refractivity contribution in [2.24, 2.45) is 0 Å². The van der Waals surface area contributed by atoms with E-state index in [1.807, 2.05) is 17.5 Å². The Balaban J connectivity index is 1.40. The monoisotopic (exact) mass is 448 g/mol. The van der Waals surface area contributed by atoms with Crippen molar-refractivity contribution in [2.45, 2.75) is 11.4 Å². The number of hydrogen-bond acceptors (Lipinski definition) is 7. The average molecular weight is 448 g/mol. The Hall–Kier alpha value is -3.31. The van der Waals surface area contributed by atoms with E-state index in [0.717, 1.165) is 29.3 Å². The van der Waals surface area contributed by atoms with Crippen LogP contribution < -0.4 is 10.0 Å². The fourth-order valence-corrected chi connectivity index (χ4v) is 4.15. The van der Waals surface area contributed by atoms with Gasteiger partial charge in [0.1, 0.15) is 17.0 Å². The molecule has 11 heteroatoms. The first kappa shape index (κ1) is 20.0. The predicted octanol–water partition coefficient (Wildman–Crippen LogP) is 4.49. The van der Waals surface area contributed by atoms with Crippen molar-refractivity contribution in [3.63, 3.8) is 0 Å². The van der Waals surface area contributed by atoms with Gasteiger partial charge in [0, 0.05) is 12.3 Å². The summed E-state index contributed by atoms with van der Waals surface area (Å²) in [7, 11) is -4.00. The van der Waals surface area contributed by atoms with Crippen molar-refractivity contribution in [1.82, 2.24) is 9.97 Å². The number of anilines is 2. The van der Waals surface area contributed by atoms with Gasteiger partial charge in [0.25, 0.3) is 10.0 Å². The van der Waals surface area contributed by atoms with E-state index in [2.05, 4.69) is 20.0 Å². The smallest absolute Gasteiger partial charge is 0.263 e. The number of nitrogens with one attached hydrogen (secondary N) is 2. The second-order valence-electron chi connectivity index (χ2n) is 6.09. The molecule has 2 N–H and O–H groups in total. The van der Waals surface area contributed by atoms with Gasteiger partial charge in [-0.25, -0.2) is 27.2 Å². The standard InChI is InChI=1S/C19H14F2N4O3S2/c20-15-5-3-12(8-16(15)21)25-30(26,27)14-4-6-18(23-10-14)22-9-13-11-28-19(24-13)17-2-1-7-29-17/h1-8,10-11,25H,9H2,(H,22,23). The van der Waals surface area contributed by atoms with Crippen molar-refractivity contribution in [3.05, 3.63) is 77.6 Å². The lowest BCUT2D eigenvalue weighted by Crippen LogP contribution is -2.14. The molecule has 0 atom stereocenters. The van der Waals surface area contributed by atoms with Crippen LogP contribution in [0.1, 0.15) is 5.69 Å². The van der Waals surface area contributed by atoms with Gasteiger partial charge in [0.15, 0.2) is 11.6 Å². The Morgan fingerprint density at radius 2 is 1.97 bits per heavy atom. The molecule has 7 nitrogen and oxygen atoms in total. The van der Waals surface area contributed by atoms with Crippen LogP contribution in [0.25, 0.3) is 10.8 Å². The summed E-state index contributed by atoms with van der Waals surface area (Å²) in [5, 5.41) is 4.95. The topological polar surface area (TPSA) is 97.1 Å². The summed E-state index contributed by atoms with van der Waals surface area (Å²) in [6.07, 6.45) is 2.69. The lowest BCUT2D eigenvalue weighted by molar-refractivity contribution is 0.509. The van der Waals surface area contributed by atoms with Crippen molar-refractivity contribution in [2.75, 3.05) is 10.0 Å². The fourth-order valence-electron chi connectivity index (χ4n) is 2.50. The minimum absolute atomic E-state index is 0.0938. The molecule has 1 aromatic carbocycles. The molecule has 3 heterocycles. The maximum Gasteiger partial charge on any atom is 0.263 e. The lowest BCUT2D eigenvalue weighted by atomic mass is 10.3.